The van der Waals surface area contributed by atoms with Crippen LogP contribution < -0.4 is 0 Å². The topological polar surface area (TPSA) is 37.3 Å². The van der Waals surface area contributed by atoms with Crippen molar-refractivity contribution in [1.82, 2.24) is 0 Å². The van der Waals surface area contributed by atoms with E-state index in [4.69, 9.17) is 5.11 Å². The van der Waals surface area contributed by atoms with Crippen LogP contribution in [0.25, 0.3) is 0 Å². The summed E-state index contributed by atoms with van der Waals surface area (Å²) in [5, 5.41) is 8.14. The van der Waals surface area contributed by atoms with Gasteiger partial charge in [0.15, 0.2) is 0 Å². The standard InChI is InChI=1S/C6H12O2.Pb.2H/c1-2-3-4-5-6(7)8;;;/h2-5H2,1H3,(H,7,8);;;. The number of carboxylic acids is 1. The van der Waals surface area contributed by atoms with Crippen LogP contribution in [0.4, 0.5) is 0 Å². The fraction of sp³-hybridized carbons (Fsp3) is 0.833. The number of hydrogen-bond donors (Lipinski definition) is 1. The molecule has 0 amide bonds. The molecule has 0 aliphatic rings. The van der Waals surface area contributed by atoms with Crippen molar-refractivity contribution in [3.63, 3.8) is 0 Å². The molecule has 3 heteroatoms. The molecule has 0 aliphatic heterocycles. The van der Waals surface area contributed by atoms with E-state index in [0.29, 0.717) is 6.42 Å². The van der Waals surface area contributed by atoms with Gasteiger partial charge in [0.2, 0.25) is 0 Å². The fourth-order valence-electron chi connectivity index (χ4n) is 0.526. The number of carbonyl (C=O) groups is 1. The molecule has 2 radical (unpaired) electrons. The Bertz CT molecular complexity index is 73.5. The quantitative estimate of drug-likeness (QED) is 0.611. The summed E-state index contributed by atoms with van der Waals surface area (Å²) in [5.41, 5.74) is 0. The first-order valence-corrected chi connectivity index (χ1v) is 2.99. The maximum absolute atomic E-state index is 9.87. The second-order valence-electron chi connectivity index (χ2n) is 1.85. The van der Waals surface area contributed by atoms with Crippen LogP contribution in [0, 0.1) is 0 Å². The molecule has 0 fully saturated rings. The zero-order chi connectivity index (χ0) is 6.41. The molecule has 0 heterocycles. The summed E-state index contributed by atoms with van der Waals surface area (Å²) in [4.78, 5) is 9.87. The molecule has 0 spiro atoms. The van der Waals surface area contributed by atoms with Gasteiger partial charge in [-0.1, -0.05) is 19.8 Å². The van der Waals surface area contributed by atoms with Gasteiger partial charge in [-0.2, -0.15) is 0 Å². The van der Waals surface area contributed by atoms with E-state index in [2.05, 4.69) is 6.92 Å². The Labute approximate surface area is 75.8 Å². The van der Waals surface area contributed by atoms with Gasteiger partial charge in [-0.3, -0.25) is 4.79 Å². The van der Waals surface area contributed by atoms with Crippen LogP contribution in [0.3, 0.4) is 0 Å². The Morgan fingerprint density at radius 3 is 2.33 bits per heavy atom. The monoisotopic (exact) mass is 326 g/mol. The Hall–Kier alpha value is 0.392. The van der Waals surface area contributed by atoms with Crippen molar-refractivity contribution in [2.45, 2.75) is 32.6 Å². The SMILES string of the molecule is CCCCCC(=O)O.[PbH2]. The third-order valence-corrected chi connectivity index (χ3v) is 0.994. The second-order valence-corrected chi connectivity index (χ2v) is 1.85. The molecule has 2 nitrogen and oxygen atoms in total. The third-order valence-electron chi connectivity index (χ3n) is 0.994. The summed E-state index contributed by atoms with van der Waals surface area (Å²) in [7, 11) is 0. The Morgan fingerprint density at radius 1 is 1.44 bits per heavy atom. The normalized spacial score (nSPS) is 8.11. The number of rotatable bonds is 4. The molecule has 0 saturated carbocycles. The maximum atomic E-state index is 9.87. The van der Waals surface area contributed by atoms with E-state index in [1.165, 1.54) is 0 Å². The van der Waals surface area contributed by atoms with Crippen molar-refractivity contribution in [3.8, 4) is 0 Å². The van der Waals surface area contributed by atoms with Crippen molar-refractivity contribution in [2.24, 2.45) is 0 Å². The zero-order valence-electron chi connectivity index (χ0n) is 5.89. The van der Waals surface area contributed by atoms with Crippen LogP contribution in [-0.4, -0.2) is 38.4 Å². The van der Waals surface area contributed by atoms with E-state index in [-0.39, 0.29) is 27.3 Å². The van der Waals surface area contributed by atoms with Gasteiger partial charge in [-0.25, -0.2) is 0 Å². The molecule has 0 atom stereocenters. The average Bonchev–Trinajstić information content (AvgIpc) is 1.66. The molecular weight excluding hydrogens is 311 g/mol. The molecule has 0 aliphatic carbocycles. The number of aliphatic carboxylic acids is 1. The van der Waals surface area contributed by atoms with Gasteiger partial charge < -0.3 is 5.11 Å². The van der Waals surface area contributed by atoms with Crippen LogP contribution in [0.2, 0.25) is 0 Å². The first-order valence-electron chi connectivity index (χ1n) is 2.99. The van der Waals surface area contributed by atoms with Gasteiger partial charge in [0.25, 0.3) is 0 Å². The fourth-order valence-corrected chi connectivity index (χ4v) is 0.526. The first-order chi connectivity index (χ1) is 3.77. The van der Waals surface area contributed by atoms with Crippen molar-refractivity contribution >= 4 is 33.3 Å². The molecule has 1 N–H and O–H groups in total. The molecule has 0 bridgehead atoms. The van der Waals surface area contributed by atoms with Crippen LogP contribution in [-0.2, 0) is 4.79 Å². The van der Waals surface area contributed by atoms with Crippen LogP contribution in [0.1, 0.15) is 32.6 Å². The van der Waals surface area contributed by atoms with Gasteiger partial charge in [0.1, 0.15) is 0 Å². The molecule has 0 aromatic carbocycles. The molecule has 0 rings (SSSR count). The second kappa shape index (κ2) is 8.39. The van der Waals surface area contributed by atoms with E-state index in [9.17, 15) is 4.79 Å². The average molecular weight is 325 g/mol. The third kappa shape index (κ3) is 11.8. The Morgan fingerprint density at radius 2 is 2.00 bits per heavy atom. The molecule has 0 aromatic heterocycles. The van der Waals surface area contributed by atoms with E-state index >= 15 is 0 Å². The number of hydrogen-bond acceptors (Lipinski definition) is 1. The van der Waals surface area contributed by atoms with Crippen LogP contribution >= 0.6 is 0 Å². The summed E-state index contributed by atoms with van der Waals surface area (Å²) in [6, 6.07) is 0. The summed E-state index contributed by atoms with van der Waals surface area (Å²) in [6.07, 6.45) is 3.28. The predicted molar refractivity (Wildman–Crippen MR) is 40.3 cm³/mol. The molecule has 54 valence electrons. The van der Waals surface area contributed by atoms with Crippen molar-refractivity contribution in [2.75, 3.05) is 0 Å². The van der Waals surface area contributed by atoms with Crippen LogP contribution in [0.15, 0.2) is 0 Å². The summed E-state index contributed by atoms with van der Waals surface area (Å²) in [6.45, 7) is 2.06. The first kappa shape index (κ1) is 12.1. The molecular formula is C6H14O2Pb. The predicted octanol–water partition coefficient (Wildman–Crippen LogP) is 0.735. The molecule has 0 unspecified atom stereocenters. The summed E-state index contributed by atoms with van der Waals surface area (Å²) >= 11 is 0. The van der Waals surface area contributed by atoms with Gasteiger partial charge in [-0.15, -0.1) is 0 Å². The zero-order valence-corrected chi connectivity index (χ0v) is 11.4. The molecule has 0 saturated heterocycles. The van der Waals surface area contributed by atoms with Crippen molar-refractivity contribution in [3.05, 3.63) is 0 Å². The van der Waals surface area contributed by atoms with E-state index in [0.717, 1.165) is 19.3 Å². The van der Waals surface area contributed by atoms with Crippen LogP contribution in [0.5, 0.6) is 0 Å². The van der Waals surface area contributed by atoms with Gasteiger partial charge in [0.05, 0.1) is 0 Å². The number of unbranched alkanes of at least 4 members (excludes halogenated alkanes) is 2. The van der Waals surface area contributed by atoms with E-state index in [1.54, 1.807) is 0 Å². The van der Waals surface area contributed by atoms with Crippen molar-refractivity contribution < 1.29 is 9.90 Å². The Balaban J connectivity index is 0. The van der Waals surface area contributed by atoms with E-state index in [1.807, 2.05) is 0 Å². The minimum absolute atomic E-state index is 0. The van der Waals surface area contributed by atoms with Crippen molar-refractivity contribution in [1.29, 1.82) is 0 Å². The van der Waals surface area contributed by atoms with Gasteiger partial charge in [0, 0.05) is 6.42 Å². The summed E-state index contributed by atoms with van der Waals surface area (Å²) < 4.78 is 0. The molecule has 9 heavy (non-hydrogen) atoms. The molecule has 0 aromatic rings. The van der Waals surface area contributed by atoms with Gasteiger partial charge >= 0.3 is 33.3 Å². The summed E-state index contributed by atoms with van der Waals surface area (Å²) in [5.74, 6) is -0.682. The number of carboxylic acid groups (broad SMARTS) is 1. The van der Waals surface area contributed by atoms with E-state index < -0.39 is 5.97 Å². The van der Waals surface area contributed by atoms with Gasteiger partial charge in [-0.05, 0) is 6.42 Å². The minimum atomic E-state index is -0.682. The Kier molecular flexibility index (Phi) is 11.3.